The fraction of sp³-hybridized carbons (Fsp3) is 0.613. The van der Waals surface area contributed by atoms with E-state index in [9.17, 15) is 0 Å². The molecular formula is C31H50N2O2. The van der Waals surface area contributed by atoms with Crippen molar-refractivity contribution in [3.05, 3.63) is 58.7 Å². The standard InChI is InChI=1S/C31H50N2O2/c1-24-16-14-17-25(2)30(24)34-22-28(5)32(7)20-12-10-9-11-13-21-33(8)29(6)23-35-31-26(3)18-15-19-27(31)4/h14-19,28-29H,9-13,20-23H2,1-8H3. The first kappa shape index (κ1) is 29.2. The number of nitrogens with zero attached hydrogens (tertiary/aromatic N) is 2. The Morgan fingerprint density at radius 3 is 1.23 bits per heavy atom. The number of likely N-dealkylation sites (N-methyl/N-ethyl adjacent to an activating group) is 2. The lowest BCUT2D eigenvalue weighted by Gasteiger charge is -2.26. The second kappa shape index (κ2) is 15.2. The Hall–Kier alpha value is -2.04. The number of hydrogen-bond acceptors (Lipinski definition) is 4. The lowest BCUT2D eigenvalue weighted by Crippen LogP contribution is -2.35. The third-order valence-electron chi connectivity index (χ3n) is 7.28. The van der Waals surface area contributed by atoms with Crippen LogP contribution in [0.25, 0.3) is 0 Å². The van der Waals surface area contributed by atoms with Crippen LogP contribution in [0.2, 0.25) is 0 Å². The molecule has 35 heavy (non-hydrogen) atoms. The van der Waals surface area contributed by atoms with Crippen molar-refractivity contribution in [2.24, 2.45) is 0 Å². The molecule has 0 N–H and O–H groups in total. The maximum absolute atomic E-state index is 6.15. The maximum Gasteiger partial charge on any atom is 0.125 e. The van der Waals surface area contributed by atoms with E-state index < -0.39 is 0 Å². The summed E-state index contributed by atoms with van der Waals surface area (Å²) in [4.78, 5) is 4.86. The summed E-state index contributed by atoms with van der Waals surface area (Å²) in [5, 5.41) is 0. The average Bonchev–Trinajstić information content (AvgIpc) is 2.82. The smallest absolute Gasteiger partial charge is 0.125 e. The summed E-state index contributed by atoms with van der Waals surface area (Å²) in [7, 11) is 4.44. The summed E-state index contributed by atoms with van der Waals surface area (Å²) < 4.78 is 12.3. The van der Waals surface area contributed by atoms with Gasteiger partial charge in [0.1, 0.15) is 24.7 Å². The lowest BCUT2D eigenvalue weighted by atomic mass is 10.1. The van der Waals surface area contributed by atoms with Crippen LogP contribution < -0.4 is 9.47 Å². The molecule has 2 aromatic carbocycles. The van der Waals surface area contributed by atoms with Crippen LogP contribution in [0.4, 0.5) is 0 Å². The van der Waals surface area contributed by atoms with Gasteiger partial charge in [-0.25, -0.2) is 0 Å². The van der Waals surface area contributed by atoms with Gasteiger partial charge in [0.15, 0.2) is 0 Å². The molecule has 196 valence electrons. The monoisotopic (exact) mass is 482 g/mol. The lowest BCUT2D eigenvalue weighted by molar-refractivity contribution is 0.167. The van der Waals surface area contributed by atoms with Gasteiger partial charge in [0, 0.05) is 12.1 Å². The van der Waals surface area contributed by atoms with Crippen LogP contribution in [0.15, 0.2) is 36.4 Å². The molecule has 0 radical (unpaired) electrons. The summed E-state index contributed by atoms with van der Waals surface area (Å²) in [6, 6.07) is 13.5. The highest BCUT2D eigenvalue weighted by molar-refractivity contribution is 5.40. The van der Waals surface area contributed by atoms with Crippen LogP contribution in [-0.2, 0) is 0 Å². The minimum absolute atomic E-state index is 0.412. The first-order valence-corrected chi connectivity index (χ1v) is 13.5. The van der Waals surface area contributed by atoms with E-state index in [0.29, 0.717) is 12.1 Å². The minimum atomic E-state index is 0.412. The Labute approximate surface area is 215 Å². The van der Waals surface area contributed by atoms with Crippen LogP contribution in [0, 0.1) is 27.7 Å². The average molecular weight is 483 g/mol. The molecule has 2 unspecified atom stereocenters. The summed E-state index contributed by atoms with van der Waals surface area (Å²) in [5.41, 5.74) is 4.87. The fourth-order valence-electron chi connectivity index (χ4n) is 4.41. The van der Waals surface area contributed by atoms with E-state index in [2.05, 4.69) is 102 Å². The molecule has 0 saturated heterocycles. The minimum Gasteiger partial charge on any atom is -0.491 e. The fourth-order valence-corrected chi connectivity index (χ4v) is 4.41. The molecule has 0 saturated carbocycles. The number of ether oxygens (including phenoxy) is 2. The van der Waals surface area contributed by atoms with Gasteiger partial charge < -0.3 is 19.3 Å². The first-order valence-electron chi connectivity index (χ1n) is 13.5. The zero-order chi connectivity index (χ0) is 25.8. The van der Waals surface area contributed by atoms with Crippen molar-refractivity contribution in [3.8, 4) is 11.5 Å². The molecule has 0 aromatic heterocycles. The molecule has 0 heterocycles. The van der Waals surface area contributed by atoms with E-state index >= 15 is 0 Å². The summed E-state index contributed by atoms with van der Waals surface area (Å²) in [6.45, 7) is 16.7. The van der Waals surface area contributed by atoms with Gasteiger partial charge in [-0.2, -0.15) is 0 Å². The third kappa shape index (κ3) is 9.85. The molecule has 0 spiro atoms. The van der Waals surface area contributed by atoms with Crippen molar-refractivity contribution in [1.29, 1.82) is 0 Å². The van der Waals surface area contributed by atoms with Crippen LogP contribution in [0.1, 0.15) is 68.2 Å². The quantitative estimate of drug-likeness (QED) is 0.241. The first-order chi connectivity index (χ1) is 16.7. The highest BCUT2D eigenvalue weighted by Crippen LogP contribution is 2.23. The van der Waals surface area contributed by atoms with Gasteiger partial charge in [-0.3, -0.25) is 0 Å². The van der Waals surface area contributed by atoms with E-state index in [-0.39, 0.29) is 0 Å². The van der Waals surface area contributed by atoms with Crippen LogP contribution in [-0.4, -0.2) is 62.3 Å². The Morgan fingerprint density at radius 1 is 0.571 bits per heavy atom. The van der Waals surface area contributed by atoms with Gasteiger partial charge in [-0.05, 0) is 104 Å². The van der Waals surface area contributed by atoms with Crippen molar-refractivity contribution in [3.63, 3.8) is 0 Å². The maximum atomic E-state index is 6.15. The largest absolute Gasteiger partial charge is 0.491 e. The van der Waals surface area contributed by atoms with Crippen molar-refractivity contribution in [1.82, 2.24) is 9.80 Å². The molecule has 0 aliphatic carbocycles. The predicted octanol–water partition coefficient (Wildman–Crippen LogP) is 6.97. The van der Waals surface area contributed by atoms with Crippen LogP contribution in [0.3, 0.4) is 0 Å². The third-order valence-corrected chi connectivity index (χ3v) is 7.28. The highest BCUT2D eigenvalue weighted by Gasteiger charge is 2.13. The number of unbranched alkanes of at least 4 members (excludes halogenated alkanes) is 4. The van der Waals surface area contributed by atoms with Crippen molar-refractivity contribution in [2.75, 3.05) is 40.4 Å². The SMILES string of the molecule is Cc1cccc(C)c1OCC(C)N(C)CCCCCCCN(C)C(C)COc1c(C)cccc1C. The molecule has 0 fully saturated rings. The Bertz CT molecular complexity index is 770. The van der Waals surface area contributed by atoms with Crippen molar-refractivity contribution < 1.29 is 9.47 Å². The molecule has 2 aromatic rings. The topological polar surface area (TPSA) is 24.9 Å². The summed E-state index contributed by atoms with van der Waals surface area (Å²) >= 11 is 0. The second-order valence-electron chi connectivity index (χ2n) is 10.5. The molecule has 2 atom stereocenters. The molecule has 4 nitrogen and oxygen atoms in total. The van der Waals surface area contributed by atoms with Crippen molar-refractivity contribution >= 4 is 0 Å². The zero-order valence-electron chi connectivity index (χ0n) is 23.7. The molecule has 0 amide bonds. The van der Waals surface area contributed by atoms with E-state index in [1.165, 1.54) is 54.4 Å². The van der Waals surface area contributed by atoms with Gasteiger partial charge in [-0.1, -0.05) is 55.7 Å². The Kier molecular flexibility index (Phi) is 12.6. The van der Waals surface area contributed by atoms with E-state index in [0.717, 1.165) is 37.8 Å². The van der Waals surface area contributed by atoms with E-state index in [4.69, 9.17) is 9.47 Å². The van der Waals surface area contributed by atoms with Gasteiger partial charge in [0.05, 0.1) is 0 Å². The van der Waals surface area contributed by atoms with E-state index in [1.807, 2.05) is 0 Å². The van der Waals surface area contributed by atoms with Crippen LogP contribution >= 0.6 is 0 Å². The molecule has 0 aliphatic heterocycles. The van der Waals surface area contributed by atoms with Gasteiger partial charge in [0.25, 0.3) is 0 Å². The van der Waals surface area contributed by atoms with Crippen LogP contribution in [0.5, 0.6) is 11.5 Å². The normalized spacial score (nSPS) is 13.3. The second-order valence-corrected chi connectivity index (χ2v) is 10.5. The number of para-hydroxylation sites is 2. The number of hydrogen-bond donors (Lipinski definition) is 0. The Morgan fingerprint density at radius 2 is 0.886 bits per heavy atom. The molecule has 0 bridgehead atoms. The number of benzene rings is 2. The molecule has 0 aliphatic rings. The zero-order valence-corrected chi connectivity index (χ0v) is 23.7. The summed E-state index contributed by atoms with van der Waals surface area (Å²) in [6.07, 6.45) is 6.40. The van der Waals surface area contributed by atoms with Crippen molar-refractivity contribution in [2.45, 2.75) is 85.7 Å². The molecule has 4 heteroatoms. The summed E-state index contributed by atoms with van der Waals surface area (Å²) in [5.74, 6) is 2.09. The number of rotatable bonds is 16. The Balaban J connectivity index is 1.54. The number of aryl methyl sites for hydroxylation is 4. The molecule has 2 rings (SSSR count). The van der Waals surface area contributed by atoms with Gasteiger partial charge in [0.2, 0.25) is 0 Å². The molecular weight excluding hydrogens is 432 g/mol. The van der Waals surface area contributed by atoms with Gasteiger partial charge >= 0.3 is 0 Å². The predicted molar refractivity (Wildman–Crippen MR) is 150 cm³/mol. The highest BCUT2D eigenvalue weighted by atomic mass is 16.5. The van der Waals surface area contributed by atoms with Gasteiger partial charge in [-0.15, -0.1) is 0 Å². The van der Waals surface area contributed by atoms with E-state index in [1.54, 1.807) is 0 Å².